The summed E-state index contributed by atoms with van der Waals surface area (Å²) in [5, 5.41) is 9.34. The number of aliphatic hydroxyl groups is 1. The van der Waals surface area contributed by atoms with Crippen LogP contribution >= 0.6 is 43.6 Å². The van der Waals surface area contributed by atoms with E-state index in [9.17, 15) is 5.11 Å². The van der Waals surface area contributed by atoms with Gasteiger partial charge in [-0.1, -0.05) is 39.8 Å². The maximum atomic E-state index is 9.34. The van der Waals surface area contributed by atoms with Gasteiger partial charge in [-0.25, -0.2) is 0 Å². The number of benzene rings is 2. The number of hydrogen-bond acceptors (Lipinski definition) is 2. The Bertz CT molecular complexity index is 529. The van der Waals surface area contributed by atoms with E-state index in [2.05, 4.69) is 37.9 Å². The van der Waals surface area contributed by atoms with Crippen LogP contribution in [-0.4, -0.2) is 5.11 Å². The lowest BCUT2D eigenvalue weighted by atomic mass is 10.2. The molecule has 0 atom stereocenters. The van der Waals surface area contributed by atoms with Crippen molar-refractivity contribution in [2.24, 2.45) is 0 Å². The molecule has 17 heavy (non-hydrogen) atoms. The average Bonchev–Trinajstić information content (AvgIpc) is 2.34. The van der Waals surface area contributed by atoms with Gasteiger partial charge < -0.3 is 5.11 Å². The monoisotopic (exact) mass is 372 g/mol. The third kappa shape index (κ3) is 3.35. The van der Waals surface area contributed by atoms with Crippen LogP contribution in [0.1, 0.15) is 5.56 Å². The van der Waals surface area contributed by atoms with E-state index in [1.807, 2.05) is 36.4 Å². The molecule has 0 radical (unpaired) electrons. The lowest BCUT2D eigenvalue weighted by Gasteiger charge is -2.08. The first kappa shape index (κ1) is 13.1. The van der Waals surface area contributed by atoms with Gasteiger partial charge in [-0.15, -0.1) is 0 Å². The van der Waals surface area contributed by atoms with Crippen LogP contribution < -0.4 is 0 Å². The van der Waals surface area contributed by atoms with Gasteiger partial charge in [0.25, 0.3) is 0 Å². The van der Waals surface area contributed by atoms with Crippen molar-refractivity contribution in [1.29, 1.82) is 0 Å². The van der Waals surface area contributed by atoms with Gasteiger partial charge in [0.05, 0.1) is 6.61 Å². The van der Waals surface area contributed by atoms with Crippen LogP contribution in [-0.2, 0) is 6.61 Å². The van der Waals surface area contributed by atoms with Crippen molar-refractivity contribution in [3.05, 3.63) is 57.0 Å². The third-order valence-corrected chi connectivity index (χ3v) is 4.89. The minimum atomic E-state index is 0.0478. The zero-order chi connectivity index (χ0) is 12.3. The topological polar surface area (TPSA) is 20.2 Å². The Morgan fingerprint density at radius 2 is 1.76 bits per heavy atom. The number of halogens is 2. The van der Waals surface area contributed by atoms with Gasteiger partial charge in [0, 0.05) is 18.7 Å². The highest BCUT2D eigenvalue weighted by Crippen LogP contribution is 2.36. The van der Waals surface area contributed by atoms with Crippen LogP contribution in [0.4, 0.5) is 0 Å². The van der Waals surface area contributed by atoms with E-state index in [-0.39, 0.29) is 6.61 Å². The van der Waals surface area contributed by atoms with E-state index in [1.54, 1.807) is 11.8 Å². The molecule has 2 aromatic rings. The lowest BCUT2D eigenvalue weighted by Crippen LogP contribution is -1.87. The molecule has 1 N–H and O–H groups in total. The predicted octanol–water partition coefficient (Wildman–Crippen LogP) is 4.86. The maximum absolute atomic E-state index is 9.34. The highest BCUT2D eigenvalue weighted by atomic mass is 79.9. The summed E-state index contributed by atoms with van der Waals surface area (Å²) in [5.74, 6) is 0. The van der Waals surface area contributed by atoms with E-state index in [1.165, 1.54) is 0 Å². The summed E-state index contributed by atoms with van der Waals surface area (Å²) >= 11 is 8.58. The fourth-order valence-corrected chi connectivity index (χ4v) is 3.29. The summed E-state index contributed by atoms with van der Waals surface area (Å²) in [7, 11) is 0. The van der Waals surface area contributed by atoms with Gasteiger partial charge in [0.15, 0.2) is 0 Å². The molecule has 0 aromatic heterocycles. The Labute approximate surface area is 122 Å². The van der Waals surface area contributed by atoms with E-state index in [4.69, 9.17) is 0 Å². The zero-order valence-corrected chi connectivity index (χ0v) is 12.8. The van der Waals surface area contributed by atoms with Crippen LogP contribution in [0.25, 0.3) is 0 Å². The van der Waals surface area contributed by atoms with Crippen molar-refractivity contribution < 1.29 is 5.11 Å². The SMILES string of the molecule is OCc1cc(Br)ccc1Sc1ccccc1Br. The van der Waals surface area contributed by atoms with Gasteiger partial charge in [0.2, 0.25) is 0 Å². The summed E-state index contributed by atoms with van der Waals surface area (Å²) in [6.45, 7) is 0.0478. The average molecular weight is 374 g/mol. The summed E-state index contributed by atoms with van der Waals surface area (Å²) in [6, 6.07) is 14.0. The molecule has 0 aliphatic heterocycles. The van der Waals surface area contributed by atoms with Gasteiger partial charge in [-0.05, 0) is 51.8 Å². The molecule has 2 aromatic carbocycles. The van der Waals surface area contributed by atoms with Crippen LogP contribution in [0.3, 0.4) is 0 Å². The minimum absolute atomic E-state index is 0.0478. The molecular weight excluding hydrogens is 364 g/mol. The summed E-state index contributed by atoms with van der Waals surface area (Å²) in [5.41, 5.74) is 0.931. The van der Waals surface area contributed by atoms with Crippen molar-refractivity contribution in [2.45, 2.75) is 16.4 Å². The molecule has 2 rings (SSSR count). The Morgan fingerprint density at radius 1 is 1.00 bits per heavy atom. The maximum Gasteiger partial charge on any atom is 0.0693 e. The summed E-state index contributed by atoms with van der Waals surface area (Å²) in [6.07, 6.45) is 0. The standard InChI is InChI=1S/C13H10Br2OS/c14-10-5-6-12(9(7-10)8-16)17-13-4-2-1-3-11(13)15/h1-7,16H,8H2. The van der Waals surface area contributed by atoms with E-state index < -0.39 is 0 Å². The highest BCUT2D eigenvalue weighted by Gasteiger charge is 2.06. The molecule has 0 heterocycles. The number of rotatable bonds is 3. The third-order valence-electron chi connectivity index (χ3n) is 2.25. The molecule has 4 heteroatoms. The van der Waals surface area contributed by atoms with Gasteiger partial charge in [0.1, 0.15) is 0 Å². The predicted molar refractivity (Wildman–Crippen MR) is 78.3 cm³/mol. The van der Waals surface area contributed by atoms with E-state index >= 15 is 0 Å². The Balaban J connectivity index is 2.33. The van der Waals surface area contributed by atoms with Crippen LogP contribution in [0.5, 0.6) is 0 Å². The molecule has 0 saturated carbocycles. The number of hydrogen-bond donors (Lipinski definition) is 1. The summed E-state index contributed by atoms with van der Waals surface area (Å²) in [4.78, 5) is 2.21. The van der Waals surface area contributed by atoms with E-state index in [0.717, 1.165) is 24.3 Å². The second kappa shape index (κ2) is 6.05. The molecule has 0 amide bonds. The molecule has 0 unspecified atom stereocenters. The van der Waals surface area contributed by atoms with Crippen molar-refractivity contribution in [1.82, 2.24) is 0 Å². The van der Waals surface area contributed by atoms with E-state index in [0.29, 0.717) is 0 Å². The Kier molecular flexibility index (Phi) is 4.68. The van der Waals surface area contributed by atoms with Crippen LogP contribution in [0.15, 0.2) is 61.2 Å². The van der Waals surface area contributed by atoms with Gasteiger partial charge in [-0.2, -0.15) is 0 Å². The zero-order valence-electron chi connectivity index (χ0n) is 8.86. The lowest BCUT2D eigenvalue weighted by molar-refractivity contribution is 0.279. The molecule has 0 aliphatic carbocycles. The van der Waals surface area contributed by atoms with Crippen molar-refractivity contribution in [3.63, 3.8) is 0 Å². The van der Waals surface area contributed by atoms with Gasteiger partial charge >= 0.3 is 0 Å². The van der Waals surface area contributed by atoms with Crippen LogP contribution in [0, 0.1) is 0 Å². The summed E-state index contributed by atoms with van der Waals surface area (Å²) < 4.78 is 2.05. The Hall–Kier alpha value is -0.290. The first-order valence-electron chi connectivity index (χ1n) is 5.02. The molecule has 0 spiro atoms. The molecule has 1 nitrogen and oxygen atoms in total. The molecule has 0 saturated heterocycles. The molecular formula is C13H10Br2OS. The minimum Gasteiger partial charge on any atom is -0.392 e. The molecule has 0 fully saturated rings. The van der Waals surface area contributed by atoms with Crippen LogP contribution in [0.2, 0.25) is 0 Å². The first-order chi connectivity index (χ1) is 8.20. The first-order valence-corrected chi connectivity index (χ1v) is 7.42. The normalized spacial score (nSPS) is 10.5. The molecule has 88 valence electrons. The molecule has 0 bridgehead atoms. The smallest absolute Gasteiger partial charge is 0.0693 e. The van der Waals surface area contributed by atoms with Crippen molar-refractivity contribution in [3.8, 4) is 0 Å². The largest absolute Gasteiger partial charge is 0.392 e. The quantitative estimate of drug-likeness (QED) is 0.829. The van der Waals surface area contributed by atoms with Crippen molar-refractivity contribution in [2.75, 3.05) is 0 Å². The highest BCUT2D eigenvalue weighted by molar-refractivity contribution is 9.10. The fraction of sp³-hybridized carbons (Fsp3) is 0.0769. The van der Waals surface area contributed by atoms with Crippen molar-refractivity contribution >= 4 is 43.6 Å². The fourth-order valence-electron chi connectivity index (χ4n) is 1.42. The number of aliphatic hydroxyl groups excluding tert-OH is 1. The second-order valence-electron chi connectivity index (χ2n) is 3.44. The Morgan fingerprint density at radius 3 is 2.47 bits per heavy atom. The van der Waals surface area contributed by atoms with Gasteiger partial charge in [-0.3, -0.25) is 0 Å². The molecule has 0 aliphatic rings. The second-order valence-corrected chi connectivity index (χ2v) is 6.30.